The highest BCUT2D eigenvalue weighted by Gasteiger charge is 2.06. The molecule has 0 aromatic heterocycles. The second-order valence-corrected chi connectivity index (χ2v) is 4.15. The number of ketones is 1. The maximum atomic E-state index is 11.1. The quantitative estimate of drug-likeness (QED) is 0.419. The maximum absolute atomic E-state index is 11.1. The molecule has 1 N–H and O–H groups in total. The molecule has 0 rings (SSSR count). The molecule has 0 atom stereocenters. The third-order valence-corrected chi connectivity index (χ3v) is 2.21. The summed E-state index contributed by atoms with van der Waals surface area (Å²) in [6.07, 6.45) is 7.09. The van der Waals surface area contributed by atoms with Crippen LogP contribution in [0.2, 0.25) is 0 Å². The van der Waals surface area contributed by atoms with Crippen molar-refractivity contribution >= 4 is 11.7 Å². The molecule has 0 aromatic rings. The lowest BCUT2D eigenvalue weighted by Crippen LogP contribution is -2.29. The van der Waals surface area contributed by atoms with E-state index in [4.69, 9.17) is 0 Å². The van der Waals surface area contributed by atoms with E-state index in [-0.39, 0.29) is 0 Å². The highest BCUT2D eigenvalue weighted by atomic mass is 16.2. The second-order valence-electron chi connectivity index (χ2n) is 4.15. The zero-order chi connectivity index (χ0) is 13.3. The molecule has 0 radical (unpaired) electrons. The molecule has 94 valence electrons. The Morgan fingerprint density at radius 3 is 2.35 bits per heavy atom. The number of hydrogen-bond acceptors (Lipinski definition) is 2. The van der Waals surface area contributed by atoms with E-state index in [9.17, 15) is 9.59 Å². The van der Waals surface area contributed by atoms with Gasteiger partial charge < -0.3 is 5.32 Å². The number of allylic oxidation sites excluding steroid dienone is 3. The van der Waals surface area contributed by atoms with Crippen molar-refractivity contribution in [3.05, 3.63) is 36.0 Å². The molecule has 3 heteroatoms. The van der Waals surface area contributed by atoms with Gasteiger partial charge in [-0.2, -0.15) is 0 Å². The molecule has 1 amide bonds. The van der Waals surface area contributed by atoms with E-state index in [1.165, 1.54) is 11.1 Å². The second kappa shape index (κ2) is 8.50. The van der Waals surface area contributed by atoms with E-state index in [1.54, 1.807) is 0 Å². The molecule has 17 heavy (non-hydrogen) atoms. The van der Waals surface area contributed by atoms with E-state index in [0.717, 1.165) is 18.9 Å². The Morgan fingerprint density at radius 1 is 1.18 bits per heavy atom. The Morgan fingerprint density at radius 2 is 1.82 bits per heavy atom. The van der Waals surface area contributed by atoms with Crippen molar-refractivity contribution in [3.63, 3.8) is 0 Å². The topological polar surface area (TPSA) is 46.2 Å². The van der Waals surface area contributed by atoms with Crippen molar-refractivity contribution in [2.45, 2.75) is 33.6 Å². The molecule has 0 aromatic carbocycles. The number of carbonyl (C=O) groups is 2. The van der Waals surface area contributed by atoms with Crippen molar-refractivity contribution in [1.82, 2.24) is 5.32 Å². The Labute approximate surface area is 103 Å². The van der Waals surface area contributed by atoms with Gasteiger partial charge >= 0.3 is 0 Å². The van der Waals surface area contributed by atoms with Gasteiger partial charge in [0.05, 0.1) is 0 Å². The molecule has 0 saturated heterocycles. The summed E-state index contributed by atoms with van der Waals surface area (Å²) in [5.41, 5.74) is 2.51. The van der Waals surface area contributed by atoms with Crippen molar-refractivity contribution in [2.24, 2.45) is 0 Å². The Bertz CT molecular complexity index is 347. The Balaban J connectivity index is 3.92. The predicted octanol–water partition coefficient (Wildman–Crippen LogP) is 2.55. The molecular weight excluding hydrogens is 214 g/mol. The monoisotopic (exact) mass is 235 g/mol. The fourth-order valence-corrected chi connectivity index (χ4v) is 1.19. The van der Waals surface area contributed by atoms with Crippen LogP contribution >= 0.6 is 0 Å². The maximum Gasteiger partial charge on any atom is 0.291 e. The van der Waals surface area contributed by atoms with Gasteiger partial charge in [-0.25, -0.2) is 0 Å². The highest BCUT2D eigenvalue weighted by Crippen LogP contribution is 2.05. The molecule has 0 saturated carbocycles. The summed E-state index contributed by atoms with van der Waals surface area (Å²) < 4.78 is 0. The molecule has 0 spiro atoms. The van der Waals surface area contributed by atoms with Crippen LogP contribution in [0, 0.1) is 0 Å². The van der Waals surface area contributed by atoms with Crippen LogP contribution in [0.25, 0.3) is 0 Å². The smallest absolute Gasteiger partial charge is 0.291 e. The average Bonchev–Trinajstić information content (AvgIpc) is 2.27. The minimum absolute atomic E-state index is 0.388. The highest BCUT2D eigenvalue weighted by molar-refractivity contribution is 6.40. The zero-order valence-corrected chi connectivity index (χ0v) is 10.9. The third-order valence-electron chi connectivity index (χ3n) is 2.21. The van der Waals surface area contributed by atoms with Crippen LogP contribution in [0.1, 0.15) is 33.6 Å². The lowest BCUT2D eigenvalue weighted by atomic mass is 10.1. The largest absolute Gasteiger partial charge is 0.346 e. The summed E-state index contributed by atoms with van der Waals surface area (Å²) in [6.45, 7) is 9.79. The van der Waals surface area contributed by atoms with E-state index in [1.807, 2.05) is 13.0 Å². The number of hydrogen-bond donors (Lipinski definition) is 1. The van der Waals surface area contributed by atoms with Gasteiger partial charge in [-0.1, -0.05) is 29.9 Å². The van der Waals surface area contributed by atoms with Crippen molar-refractivity contribution in [1.29, 1.82) is 0 Å². The summed E-state index contributed by atoms with van der Waals surface area (Å²) in [4.78, 5) is 22.0. The number of nitrogens with one attached hydrogen (secondary N) is 1. The van der Waals surface area contributed by atoms with Crippen molar-refractivity contribution in [2.75, 3.05) is 6.54 Å². The molecule has 0 aliphatic rings. The first-order chi connectivity index (χ1) is 7.97. The fraction of sp³-hybridized carbons (Fsp3) is 0.429. The average molecular weight is 235 g/mol. The molecule has 0 aliphatic heterocycles. The van der Waals surface area contributed by atoms with Crippen LogP contribution in [0.5, 0.6) is 0 Å². The van der Waals surface area contributed by atoms with Crippen LogP contribution in [-0.4, -0.2) is 18.2 Å². The molecule has 0 fully saturated rings. The Kier molecular flexibility index (Phi) is 7.68. The van der Waals surface area contributed by atoms with Gasteiger partial charge in [0.2, 0.25) is 5.78 Å². The van der Waals surface area contributed by atoms with Crippen LogP contribution < -0.4 is 5.32 Å². The van der Waals surface area contributed by atoms with Crippen LogP contribution in [0.4, 0.5) is 0 Å². The first-order valence-electron chi connectivity index (χ1n) is 5.71. The Hall–Kier alpha value is -1.64. The predicted molar refractivity (Wildman–Crippen MR) is 70.6 cm³/mol. The van der Waals surface area contributed by atoms with E-state index in [2.05, 4.69) is 31.8 Å². The van der Waals surface area contributed by atoms with Crippen LogP contribution in [-0.2, 0) is 9.59 Å². The van der Waals surface area contributed by atoms with E-state index < -0.39 is 11.7 Å². The molecule has 0 aliphatic carbocycles. The van der Waals surface area contributed by atoms with E-state index >= 15 is 0 Å². The van der Waals surface area contributed by atoms with E-state index in [0.29, 0.717) is 6.54 Å². The minimum Gasteiger partial charge on any atom is -0.346 e. The SMILES string of the molecule is C=CC(=O)C(=O)NC/C=C(\C)CCC=C(C)C. The third kappa shape index (κ3) is 8.20. The minimum atomic E-state index is -0.603. The first-order valence-corrected chi connectivity index (χ1v) is 5.71. The standard InChI is InChI=1S/C14H21NO2/c1-5-13(16)14(17)15-10-9-12(4)8-6-7-11(2)3/h5,7,9H,1,6,8,10H2,2-4H3,(H,15,17)/b12-9+. The number of carbonyl (C=O) groups excluding carboxylic acids is 2. The van der Waals surface area contributed by atoms with Crippen LogP contribution in [0.3, 0.4) is 0 Å². The number of rotatable bonds is 7. The normalized spacial score (nSPS) is 10.6. The summed E-state index contributed by atoms with van der Waals surface area (Å²) in [5.74, 6) is -1.20. The van der Waals surface area contributed by atoms with Gasteiger partial charge in [-0.3, -0.25) is 9.59 Å². The zero-order valence-electron chi connectivity index (χ0n) is 10.9. The lowest BCUT2D eigenvalue weighted by molar-refractivity contribution is -0.135. The molecular formula is C14H21NO2. The van der Waals surface area contributed by atoms with Gasteiger partial charge in [0.25, 0.3) is 5.91 Å². The molecule has 3 nitrogen and oxygen atoms in total. The van der Waals surface area contributed by atoms with Gasteiger partial charge in [-0.15, -0.1) is 0 Å². The van der Waals surface area contributed by atoms with Gasteiger partial charge in [-0.05, 0) is 39.7 Å². The molecule has 0 heterocycles. The summed E-state index contributed by atoms with van der Waals surface area (Å²) in [6, 6.07) is 0. The molecule has 0 bridgehead atoms. The van der Waals surface area contributed by atoms with Gasteiger partial charge in [0.1, 0.15) is 0 Å². The molecule has 0 unspecified atom stereocenters. The van der Waals surface area contributed by atoms with Crippen LogP contribution in [0.15, 0.2) is 36.0 Å². The summed E-state index contributed by atoms with van der Waals surface area (Å²) in [7, 11) is 0. The summed E-state index contributed by atoms with van der Waals surface area (Å²) >= 11 is 0. The van der Waals surface area contributed by atoms with Crippen molar-refractivity contribution in [3.8, 4) is 0 Å². The lowest BCUT2D eigenvalue weighted by Gasteiger charge is -2.01. The fourth-order valence-electron chi connectivity index (χ4n) is 1.19. The first kappa shape index (κ1) is 15.4. The van der Waals surface area contributed by atoms with Gasteiger partial charge in [0, 0.05) is 6.54 Å². The summed E-state index contributed by atoms with van der Waals surface area (Å²) in [5, 5.41) is 2.51. The van der Waals surface area contributed by atoms with Gasteiger partial charge in [0.15, 0.2) is 0 Å². The van der Waals surface area contributed by atoms with Crippen molar-refractivity contribution < 1.29 is 9.59 Å². The number of amides is 1.